The van der Waals surface area contributed by atoms with E-state index in [1.165, 1.54) is 24.3 Å². The van der Waals surface area contributed by atoms with Crippen molar-refractivity contribution >= 4 is 28.2 Å². The number of pyridine rings is 1. The van der Waals surface area contributed by atoms with E-state index in [0.29, 0.717) is 21.7 Å². The summed E-state index contributed by atoms with van der Waals surface area (Å²) in [5, 5.41) is 3.04. The summed E-state index contributed by atoms with van der Waals surface area (Å²) in [5.41, 5.74) is 0.990. The number of hydrogen-bond acceptors (Lipinski definition) is 4. The van der Waals surface area contributed by atoms with Crippen LogP contribution >= 0.6 is 11.3 Å². The van der Waals surface area contributed by atoms with E-state index < -0.39 is 5.82 Å². The summed E-state index contributed by atoms with van der Waals surface area (Å²) in [7, 11) is 0. The minimum absolute atomic E-state index is 0.122. The molecule has 0 aliphatic carbocycles. The highest BCUT2D eigenvalue weighted by atomic mass is 32.1. The van der Waals surface area contributed by atoms with Gasteiger partial charge in [0.05, 0.1) is 6.20 Å². The van der Waals surface area contributed by atoms with Crippen molar-refractivity contribution in [1.29, 1.82) is 0 Å². The van der Waals surface area contributed by atoms with Gasteiger partial charge in [0.1, 0.15) is 11.5 Å². The predicted molar refractivity (Wildman–Crippen MR) is 66.7 cm³/mol. The first-order chi connectivity index (χ1) is 8.66. The topological polar surface area (TPSA) is 47.8 Å². The van der Waals surface area contributed by atoms with Crippen molar-refractivity contribution in [2.45, 2.75) is 6.92 Å². The van der Waals surface area contributed by atoms with Crippen LogP contribution in [0.5, 0.6) is 0 Å². The third kappa shape index (κ3) is 1.62. The molecule has 0 aromatic carbocycles. The number of Topliss-reactive ketones (excluding diaryl/α,β-unsaturated/α-hetero) is 1. The molecule has 0 N–H and O–H groups in total. The highest BCUT2D eigenvalue weighted by molar-refractivity contribution is 7.12. The molecule has 0 aliphatic heterocycles. The number of rotatable bonds is 2. The first kappa shape index (κ1) is 11.0. The monoisotopic (exact) mass is 261 g/mol. The summed E-state index contributed by atoms with van der Waals surface area (Å²) >= 11 is 1.43. The molecule has 3 rings (SSSR count). The van der Waals surface area contributed by atoms with Crippen LogP contribution in [0.1, 0.15) is 17.3 Å². The van der Waals surface area contributed by atoms with Gasteiger partial charge in [0, 0.05) is 28.7 Å². The van der Waals surface area contributed by atoms with E-state index in [4.69, 9.17) is 0 Å². The highest BCUT2D eigenvalue weighted by Crippen LogP contribution is 2.25. The molecule has 3 aromatic rings. The van der Waals surface area contributed by atoms with Crippen molar-refractivity contribution in [2.24, 2.45) is 0 Å². The zero-order chi connectivity index (χ0) is 12.7. The van der Waals surface area contributed by atoms with E-state index in [0.717, 1.165) is 6.20 Å². The summed E-state index contributed by atoms with van der Waals surface area (Å²) in [6.45, 7) is 1.45. The molecule has 18 heavy (non-hydrogen) atoms. The van der Waals surface area contributed by atoms with Crippen LogP contribution in [0.25, 0.3) is 16.2 Å². The Balaban J connectivity index is 2.37. The van der Waals surface area contributed by atoms with Crippen LogP contribution in [0.3, 0.4) is 0 Å². The third-order valence-corrected chi connectivity index (χ3v) is 3.39. The number of halogens is 1. The molecule has 0 atom stereocenters. The standard InChI is InChI=1S/C12H8FN3OS/c1-7(17)10-6-16(12-14-2-3-18-12)11-9(10)4-8(13)5-15-11/h2-6H,1H3. The van der Waals surface area contributed by atoms with Crippen LogP contribution in [0.15, 0.2) is 30.0 Å². The fraction of sp³-hybridized carbons (Fsp3) is 0.0833. The van der Waals surface area contributed by atoms with Crippen molar-refractivity contribution < 1.29 is 9.18 Å². The molecule has 0 spiro atoms. The lowest BCUT2D eigenvalue weighted by molar-refractivity contribution is 0.101. The van der Waals surface area contributed by atoms with Crippen molar-refractivity contribution in [3.63, 3.8) is 0 Å². The summed E-state index contributed by atoms with van der Waals surface area (Å²) in [5.74, 6) is -0.579. The molecule has 4 nitrogen and oxygen atoms in total. The molecular weight excluding hydrogens is 253 g/mol. The molecular formula is C12H8FN3OS. The Bertz CT molecular complexity index is 733. The van der Waals surface area contributed by atoms with Crippen LogP contribution in [0.2, 0.25) is 0 Å². The number of ketones is 1. The van der Waals surface area contributed by atoms with Gasteiger partial charge in [0.15, 0.2) is 10.9 Å². The second-order valence-electron chi connectivity index (χ2n) is 3.81. The molecule has 0 aliphatic rings. The van der Waals surface area contributed by atoms with Gasteiger partial charge in [-0.1, -0.05) is 0 Å². The second kappa shape index (κ2) is 3.99. The van der Waals surface area contributed by atoms with E-state index in [9.17, 15) is 9.18 Å². The average Bonchev–Trinajstić information content (AvgIpc) is 2.93. The van der Waals surface area contributed by atoms with Crippen LogP contribution in [-0.4, -0.2) is 20.3 Å². The van der Waals surface area contributed by atoms with Crippen LogP contribution in [0.4, 0.5) is 4.39 Å². The predicted octanol–water partition coefficient (Wildman–Crippen LogP) is 2.82. The largest absolute Gasteiger partial charge is 0.294 e. The Morgan fingerprint density at radius 2 is 2.28 bits per heavy atom. The van der Waals surface area contributed by atoms with Gasteiger partial charge in [-0.2, -0.15) is 0 Å². The number of carbonyl (C=O) groups is 1. The summed E-state index contributed by atoms with van der Waals surface area (Å²) < 4.78 is 14.9. The number of nitrogens with zero attached hydrogens (tertiary/aromatic N) is 3. The average molecular weight is 261 g/mol. The second-order valence-corrected chi connectivity index (χ2v) is 4.68. The van der Waals surface area contributed by atoms with E-state index in [2.05, 4.69) is 9.97 Å². The molecule has 90 valence electrons. The molecule has 0 bridgehead atoms. The van der Waals surface area contributed by atoms with Gasteiger partial charge in [-0.3, -0.25) is 9.36 Å². The minimum atomic E-state index is -0.457. The summed E-state index contributed by atoms with van der Waals surface area (Å²) in [4.78, 5) is 19.8. The van der Waals surface area contributed by atoms with Crippen molar-refractivity contribution in [3.05, 3.63) is 41.4 Å². The Kier molecular flexibility index (Phi) is 2.45. The number of carbonyl (C=O) groups excluding carboxylic acids is 1. The first-order valence-electron chi connectivity index (χ1n) is 5.24. The fourth-order valence-electron chi connectivity index (χ4n) is 1.84. The van der Waals surface area contributed by atoms with Crippen LogP contribution in [-0.2, 0) is 0 Å². The van der Waals surface area contributed by atoms with Gasteiger partial charge in [-0.15, -0.1) is 11.3 Å². The van der Waals surface area contributed by atoms with E-state index in [1.54, 1.807) is 17.0 Å². The molecule has 0 amide bonds. The number of thiazole rings is 1. The summed E-state index contributed by atoms with van der Waals surface area (Å²) in [6.07, 6.45) is 4.46. The Morgan fingerprint density at radius 3 is 2.94 bits per heavy atom. The highest BCUT2D eigenvalue weighted by Gasteiger charge is 2.15. The molecule has 0 saturated heterocycles. The van der Waals surface area contributed by atoms with Gasteiger partial charge >= 0.3 is 0 Å². The number of fused-ring (bicyclic) bond motifs is 1. The molecule has 6 heteroatoms. The van der Waals surface area contributed by atoms with E-state index in [1.807, 2.05) is 5.38 Å². The Morgan fingerprint density at radius 1 is 1.44 bits per heavy atom. The smallest absolute Gasteiger partial charge is 0.195 e. The first-order valence-corrected chi connectivity index (χ1v) is 6.12. The van der Waals surface area contributed by atoms with Gasteiger partial charge < -0.3 is 0 Å². The van der Waals surface area contributed by atoms with Crippen LogP contribution in [0, 0.1) is 5.82 Å². The minimum Gasteiger partial charge on any atom is -0.294 e. The van der Waals surface area contributed by atoms with E-state index >= 15 is 0 Å². The zero-order valence-corrected chi connectivity index (χ0v) is 10.2. The fourth-order valence-corrected chi connectivity index (χ4v) is 2.46. The number of aromatic nitrogens is 3. The molecule has 0 fully saturated rings. The van der Waals surface area contributed by atoms with Crippen molar-refractivity contribution in [2.75, 3.05) is 0 Å². The number of hydrogen-bond donors (Lipinski definition) is 0. The molecule has 0 unspecified atom stereocenters. The maximum Gasteiger partial charge on any atom is 0.195 e. The zero-order valence-electron chi connectivity index (χ0n) is 9.42. The quantitative estimate of drug-likeness (QED) is 0.666. The molecule has 0 saturated carbocycles. The third-order valence-electron chi connectivity index (χ3n) is 2.61. The Labute approximate surface area is 106 Å². The van der Waals surface area contributed by atoms with Gasteiger partial charge in [-0.25, -0.2) is 14.4 Å². The lowest BCUT2D eigenvalue weighted by Gasteiger charge is -1.98. The van der Waals surface area contributed by atoms with Crippen molar-refractivity contribution in [3.8, 4) is 5.13 Å². The molecule has 3 heterocycles. The molecule has 3 aromatic heterocycles. The lowest BCUT2D eigenvalue weighted by atomic mass is 10.1. The normalized spacial score (nSPS) is 11.0. The van der Waals surface area contributed by atoms with Gasteiger partial charge in [0.25, 0.3) is 0 Å². The summed E-state index contributed by atoms with van der Waals surface area (Å²) in [6, 6.07) is 1.32. The maximum atomic E-state index is 13.2. The van der Waals surface area contributed by atoms with Gasteiger partial charge in [0.2, 0.25) is 0 Å². The lowest BCUT2D eigenvalue weighted by Crippen LogP contribution is -1.92. The van der Waals surface area contributed by atoms with Gasteiger partial charge in [-0.05, 0) is 13.0 Å². The van der Waals surface area contributed by atoms with Crippen molar-refractivity contribution in [1.82, 2.24) is 14.5 Å². The maximum absolute atomic E-state index is 13.2. The van der Waals surface area contributed by atoms with Crippen LogP contribution < -0.4 is 0 Å². The SMILES string of the molecule is CC(=O)c1cn(-c2nccs2)c2ncc(F)cc12. The Hall–Kier alpha value is -2.08. The van der Waals surface area contributed by atoms with E-state index in [-0.39, 0.29) is 5.78 Å². The molecule has 0 radical (unpaired) electrons.